The Bertz CT molecular complexity index is 1630. The Labute approximate surface area is 281 Å². The molecule has 1 aliphatic rings. The molecular weight excluding hydrogens is 627 g/mol. The van der Waals surface area contributed by atoms with Crippen LogP contribution in [0.3, 0.4) is 0 Å². The fourth-order valence-electron chi connectivity index (χ4n) is 5.33. The highest BCUT2D eigenvalue weighted by Gasteiger charge is 2.48. The van der Waals surface area contributed by atoms with E-state index in [9.17, 15) is 4.57 Å². The number of hydrogen-bond donors (Lipinski definition) is 0. The Balaban J connectivity index is 1.23. The number of para-hydroxylation sites is 2. The highest BCUT2D eigenvalue weighted by atomic mass is 31.2. The molecule has 9 heteroatoms. The van der Waals surface area contributed by atoms with Crippen molar-refractivity contribution in [1.29, 1.82) is 0 Å². The van der Waals surface area contributed by atoms with E-state index in [2.05, 4.69) is 0 Å². The molecule has 0 aliphatic carbocycles. The van der Waals surface area contributed by atoms with Gasteiger partial charge in [0.15, 0.2) is 0 Å². The number of ether oxygens (including phenoxy) is 4. The topological polar surface area (TPSA) is 81.7 Å². The first-order valence-electron chi connectivity index (χ1n) is 16.0. The van der Waals surface area contributed by atoms with Crippen molar-refractivity contribution in [2.45, 2.75) is 44.2 Å². The summed E-state index contributed by atoms with van der Waals surface area (Å²) in [5, 5.41) is 0. The van der Waals surface area contributed by atoms with Gasteiger partial charge in [0.1, 0.15) is 35.9 Å². The van der Waals surface area contributed by atoms with Gasteiger partial charge >= 0.3 is 7.82 Å². The molecule has 0 unspecified atom stereocenters. The first-order chi connectivity index (χ1) is 23.6. The first-order valence-corrected chi connectivity index (χ1v) is 17.4. The molecule has 0 N–H and O–H groups in total. The molecule has 48 heavy (non-hydrogen) atoms. The number of phosphoric acid groups is 1. The molecule has 0 aromatic heterocycles. The van der Waals surface area contributed by atoms with Crippen LogP contribution in [0.25, 0.3) is 0 Å². The monoisotopic (exact) mass is 666 g/mol. The van der Waals surface area contributed by atoms with Gasteiger partial charge in [0.2, 0.25) is 0 Å². The lowest BCUT2D eigenvalue weighted by atomic mass is 10.1. The van der Waals surface area contributed by atoms with E-state index in [1.165, 1.54) is 0 Å². The van der Waals surface area contributed by atoms with Gasteiger partial charge in [-0.15, -0.1) is 0 Å². The Morgan fingerprint density at radius 2 is 0.854 bits per heavy atom. The zero-order valence-corrected chi connectivity index (χ0v) is 27.4. The van der Waals surface area contributed by atoms with E-state index in [4.69, 9.17) is 32.5 Å². The van der Waals surface area contributed by atoms with Gasteiger partial charge in [-0.1, -0.05) is 127 Å². The highest BCUT2D eigenvalue weighted by Crippen LogP contribution is 2.50. The average molecular weight is 667 g/mol. The van der Waals surface area contributed by atoms with Crippen molar-refractivity contribution in [3.8, 4) is 11.5 Å². The van der Waals surface area contributed by atoms with Crippen LogP contribution >= 0.6 is 7.82 Å². The molecule has 248 valence electrons. The molecule has 1 aliphatic heterocycles. The van der Waals surface area contributed by atoms with E-state index >= 15 is 0 Å². The Morgan fingerprint density at radius 1 is 0.479 bits per heavy atom. The second kappa shape index (κ2) is 17.2. The van der Waals surface area contributed by atoms with Crippen molar-refractivity contribution in [1.82, 2.24) is 0 Å². The van der Waals surface area contributed by atoms with E-state index in [0.29, 0.717) is 31.3 Å². The Morgan fingerprint density at radius 3 is 1.29 bits per heavy atom. The summed E-state index contributed by atoms with van der Waals surface area (Å²) in [7, 11) is -4.19. The third kappa shape index (κ3) is 9.87. The van der Waals surface area contributed by atoms with Crippen molar-refractivity contribution in [2.24, 2.45) is 0 Å². The predicted octanol–water partition coefficient (Wildman–Crippen LogP) is 8.42. The molecule has 0 amide bonds. The van der Waals surface area contributed by atoms with E-state index in [-0.39, 0.29) is 13.2 Å². The smallest absolute Gasteiger partial charge is 0.395 e. The standard InChI is InChI=1S/C39H39O8P/c40-48(46-34-22-12-4-13-23-34,47-35-24-14-5-15-25-35)44-30-37-39(43-28-33-20-10-3-11-21-33)38(42-27-32-18-8-2-9-19-32)36(45-37)29-41-26-31-16-6-1-7-17-31/h1-25,36-39H,26-30H2/t36-,37-,38-,39-/m1/s1. The lowest BCUT2D eigenvalue weighted by Crippen LogP contribution is -2.40. The summed E-state index contributed by atoms with van der Waals surface area (Å²) < 4.78 is 57.7. The van der Waals surface area contributed by atoms with E-state index in [1.807, 2.05) is 103 Å². The summed E-state index contributed by atoms with van der Waals surface area (Å²) in [6.45, 7) is 1.15. The average Bonchev–Trinajstić information content (AvgIpc) is 3.47. The minimum absolute atomic E-state index is 0.156. The fraction of sp³-hybridized carbons (Fsp3) is 0.231. The summed E-state index contributed by atoms with van der Waals surface area (Å²) in [4.78, 5) is 0. The molecule has 1 saturated heterocycles. The molecule has 5 aromatic carbocycles. The van der Waals surface area contributed by atoms with Gasteiger partial charge in [-0.05, 0) is 41.0 Å². The van der Waals surface area contributed by atoms with Crippen LogP contribution in [0.15, 0.2) is 152 Å². The zero-order valence-electron chi connectivity index (χ0n) is 26.5. The molecule has 1 fully saturated rings. The molecule has 8 nitrogen and oxygen atoms in total. The van der Waals surface area contributed by atoms with Crippen LogP contribution in [0.4, 0.5) is 0 Å². The molecule has 6 rings (SSSR count). The largest absolute Gasteiger partial charge is 0.587 e. The maximum absolute atomic E-state index is 14.2. The maximum Gasteiger partial charge on any atom is 0.587 e. The van der Waals surface area contributed by atoms with Crippen LogP contribution < -0.4 is 9.05 Å². The lowest BCUT2D eigenvalue weighted by molar-refractivity contribution is -0.0901. The predicted molar refractivity (Wildman–Crippen MR) is 182 cm³/mol. The maximum atomic E-state index is 14.2. The molecule has 1 heterocycles. The first kappa shape index (κ1) is 33.6. The zero-order chi connectivity index (χ0) is 32.9. The van der Waals surface area contributed by atoms with E-state index < -0.39 is 32.2 Å². The van der Waals surface area contributed by atoms with Crippen LogP contribution in [0.2, 0.25) is 0 Å². The molecule has 0 saturated carbocycles. The van der Waals surface area contributed by atoms with Gasteiger partial charge in [0, 0.05) is 0 Å². The minimum atomic E-state index is -4.19. The third-order valence-electron chi connectivity index (χ3n) is 7.69. The molecular formula is C39H39O8P. The summed E-state index contributed by atoms with van der Waals surface area (Å²) >= 11 is 0. The SMILES string of the molecule is O=P(OC[C@H]1O[C@H](COCc2ccccc2)[C@@H](OCc2ccccc2)[C@@H]1OCc1ccccc1)(Oc1ccccc1)Oc1ccccc1. The van der Waals surface area contributed by atoms with E-state index in [0.717, 1.165) is 16.7 Å². The van der Waals surface area contributed by atoms with Crippen molar-refractivity contribution in [3.63, 3.8) is 0 Å². The van der Waals surface area contributed by atoms with Gasteiger partial charge in [0.05, 0.1) is 33.0 Å². The van der Waals surface area contributed by atoms with Crippen molar-refractivity contribution in [2.75, 3.05) is 13.2 Å². The summed E-state index contributed by atoms with van der Waals surface area (Å²) in [5.74, 6) is 0.689. The van der Waals surface area contributed by atoms with Gasteiger partial charge in [0.25, 0.3) is 0 Å². The second-order valence-corrected chi connectivity index (χ2v) is 12.8. The molecule has 4 atom stereocenters. The van der Waals surface area contributed by atoms with Gasteiger partial charge in [-0.2, -0.15) is 0 Å². The molecule has 5 aromatic rings. The summed E-state index contributed by atoms with van der Waals surface area (Å²) in [5.41, 5.74) is 3.05. The van der Waals surface area contributed by atoms with E-state index in [1.54, 1.807) is 48.5 Å². The number of phosphoric ester groups is 1. The van der Waals surface area contributed by atoms with Gasteiger partial charge in [-0.3, -0.25) is 4.52 Å². The molecule has 0 bridgehead atoms. The second-order valence-electron chi connectivity index (χ2n) is 11.3. The van der Waals surface area contributed by atoms with Gasteiger partial charge < -0.3 is 28.0 Å². The van der Waals surface area contributed by atoms with Crippen LogP contribution in [-0.4, -0.2) is 37.6 Å². The minimum Gasteiger partial charge on any atom is -0.395 e. The Kier molecular flexibility index (Phi) is 12.1. The van der Waals surface area contributed by atoms with Crippen LogP contribution in [0.5, 0.6) is 11.5 Å². The highest BCUT2D eigenvalue weighted by molar-refractivity contribution is 7.49. The number of benzene rings is 5. The quantitative estimate of drug-likeness (QED) is 0.0916. The third-order valence-corrected chi connectivity index (χ3v) is 9.02. The summed E-state index contributed by atoms with van der Waals surface area (Å²) in [6, 6.07) is 47.3. The molecule has 0 radical (unpaired) electrons. The van der Waals surface area contributed by atoms with Crippen LogP contribution in [-0.2, 0) is 47.9 Å². The molecule has 0 spiro atoms. The van der Waals surface area contributed by atoms with Gasteiger partial charge in [-0.25, -0.2) is 4.57 Å². The number of hydrogen-bond acceptors (Lipinski definition) is 8. The fourth-order valence-corrected chi connectivity index (χ4v) is 6.56. The Hall–Kier alpha value is -4.27. The normalized spacial score (nSPS) is 19.2. The number of rotatable bonds is 17. The lowest BCUT2D eigenvalue weighted by Gasteiger charge is -2.26. The van der Waals surface area contributed by atoms with Crippen LogP contribution in [0.1, 0.15) is 16.7 Å². The summed E-state index contributed by atoms with van der Waals surface area (Å²) in [6.07, 6.45) is -2.31. The van der Waals surface area contributed by atoms with Crippen molar-refractivity contribution >= 4 is 7.82 Å². The van der Waals surface area contributed by atoms with Crippen molar-refractivity contribution < 1.29 is 37.1 Å². The van der Waals surface area contributed by atoms with Crippen molar-refractivity contribution in [3.05, 3.63) is 168 Å². The van der Waals surface area contributed by atoms with Crippen LogP contribution in [0, 0.1) is 0 Å².